The first kappa shape index (κ1) is 19.1. The summed E-state index contributed by atoms with van der Waals surface area (Å²) in [7, 11) is 0. The molecule has 158 valence electrons. The van der Waals surface area contributed by atoms with E-state index in [2.05, 4.69) is 31.0 Å². The Bertz CT molecular complexity index is 814. The summed E-state index contributed by atoms with van der Waals surface area (Å²) in [5.41, 5.74) is 0.649. The number of aromatic nitrogens is 2. The highest BCUT2D eigenvalue weighted by Crippen LogP contribution is 2.77. The van der Waals surface area contributed by atoms with E-state index in [0.29, 0.717) is 30.8 Å². The number of nitrogens with zero attached hydrogens (tertiary/aromatic N) is 3. The van der Waals surface area contributed by atoms with Crippen LogP contribution in [0.5, 0.6) is 0 Å². The van der Waals surface area contributed by atoms with Gasteiger partial charge >= 0.3 is 5.97 Å². The van der Waals surface area contributed by atoms with Gasteiger partial charge in [-0.2, -0.15) is 0 Å². The lowest BCUT2D eigenvalue weighted by molar-refractivity contribution is -0.221. The van der Waals surface area contributed by atoms with Gasteiger partial charge in [0.25, 0.3) is 0 Å². The van der Waals surface area contributed by atoms with Crippen molar-refractivity contribution in [2.24, 2.45) is 22.7 Å². The predicted molar refractivity (Wildman–Crippen MR) is 104 cm³/mol. The van der Waals surface area contributed by atoms with Crippen molar-refractivity contribution in [2.45, 2.75) is 71.1 Å². The summed E-state index contributed by atoms with van der Waals surface area (Å²) in [6.07, 6.45) is 5.95. The van der Waals surface area contributed by atoms with Crippen LogP contribution in [-0.4, -0.2) is 46.7 Å². The van der Waals surface area contributed by atoms with Crippen LogP contribution in [-0.2, 0) is 26.2 Å². The standard InChI is InChI=1S/C22H31N3O4/c1-20(2,3)7-16-23-24-19(29-16)22-11-21(12-22,13-22)15-8-25(9-15)17(26)5-4-14-6-18(27)28-10-14/h14-15H,4-13H2,1-3H3/t14-,21?,22?/m0/s1. The molecule has 0 unspecified atom stereocenters. The summed E-state index contributed by atoms with van der Waals surface area (Å²) in [4.78, 5) is 25.6. The highest BCUT2D eigenvalue weighted by atomic mass is 16.5. The number of ether oxygens (including phenoxy) is 1. The van der Waals surface area contributed by atoms with E-state index in [1.807, 2.05) is 4.90 Å². The maximum absolute atomic E-state index is 12.4. The van der Waals surface area contributed by atoms with Crippen LogP contribution in [0.3, 0.4) is 0 Å². The monoisotopic (exact) mass is 401 g/mol. The molecule has 5 fully saturated rings. The quantitative estimate of drug-likeness (QED) is 0.682. The SMILES string of the molecule is CC(C)(C)Cc1nnc(C23CC(C4CN(C(=O)CC[C@@H]5COC(=O)C5)C4)(C2)C3)o1. The zero-order valence-electron chi connectivity index (χ0n) is 17.7. The molecule has 0 aromatic carbocycles. The van der Waals surface area contributed by atoms with Crippen LogP contribution in [0.4, 0.5) is 0 Å². The third-order valence-electron chi connectivity index (χ3n) is 7.48. The molecule has 2 bridgehead atoms. The lowest BCUT2D eigenvalue weighted by atomic mass is 9.31. The molecule has 1 aromatic heterocycles. The number of esters is 1. The zero-order chi connectivity index (χ0) is 20.4. The van der Waals surface area contributed by atoms with Crippen LogP contribution in [0.25, 0.3) is 0 Å². The molecule has 2 aliphatic heterocycles. The summed E-state index contributed by atoms with van der Waals surface area (Å²) in [6.45, 7) is 8.78. The fourth-order valence-electron chi connectivity index (χ4n) is 5.82. The highest BCUT2D eigenvalue weighted by Gasteiger charge is 2.74. The summed E-state index contributed by atoms with van der Waals surface area (Å²) >= 11 is 0. The first-order valence-corrected chi connectivity index (χ1v) is 10.9. The Morgan fingerprint density at radius 2 is 1.93 bits per heavy atom. The van der Waals surface area contributed by atoms with E-state index in [-0.39, 0.29) is 28.6 Å². The molecule has 2 saturated heterocycles. The molecule has 1 aromatic rings. The lowest BCUT2D eigenvalue weighted by Crippen LogP contribution is -2.73. The highest BCUT2D eigenvalue weighted by molar-refractivity contribution is 5.77. The van der Waals surface area contributed by atoms with Crippen molar-refractivity contribution in [3.05, 3.63) is 11.8 Å². The van der Waals surface area contributed by atoms with E-state index in [0.717, 1.165) is 57.0 Å². The Morgan fingerprint density at radius 1 is 1.21 bits per heavy atom. The smallest absolute Gasteiger partial charge is 0.306 e. The zero-order valence-corrected chi connectivity index (χ0v) is 17.7. The number of carbonyl (C=O) groups excluding carboxylic acids is 2. The fraction of sp³-hybridized carbons (Fsp3) is 0.818. The van der Waals surface area contributed by atoms with Crippen LogP contribution in [0.2, 0.25) is 0 Å². The minimum atomic E-state index is -0.129. The van der Waals surface area contributed by atoms with Gasteiger partial charge in [0.2, 0.25) is 17.7 Å². The first-order chi connectivity index (χ1) is 13.7. The van der Waals surface area contributed by atoms with Gasteiger partial charge in [0.05, 0.1) is 18.4 Å². The second-order valence-corrected chi connectivity index (χ2v) is 11.2. The largest absolute Gasteiger partial charge is 0.465 e. The van der Waals surface area contributed by atoms with Crippen molar-refractivity contribution < 1.29 is 18.7 Å². The van der Waals surface area contributed by atoms with E-state index in [1.54, 1.807) is 0 Å². The number of cyclic esters (lactones) is 1. The molecule has 0 N–H and O–H groups in total. The molecule has 3 heterocycles. The third-order valence-corrected chi connectivity index (χ3v) is 7.48. The second kappa shape index (κ2) is 6.29. The fourth-order valence-corrected chi connectivity index (χ4v) is 5.82. The van der Waals surface area contributed by atoms with Crippen molar-refractivity contribution in [3.8, 4) is 0 Å². The molecule has 1 amide bonds. The molecule has 0 spiro atoms. The average Bonchev–Trinajstić information content (AvgIpc) is 3.12. The number of rotatable bonds is 6. The van der Waals surface area contributed by atoms with Gasteiger partial charge in [-0.25, -0.2) is 0 Å². The molecule has 7 nitrogen and oxygen atoms in total. The van der Waals surface area contributed by atoms with Crippen LogP contribution < -0.4 is 0 Å². The topological polar surface area (TPSA) is 85.5 Å². The minimum absolute atomic E-state index is 0.114. The maximum Gasteiger partial charge on any atom is 0.306 e. The number of amides is 1. The van der Waals surface area contributed by atoms with Gasteiger partial charge in [0.1, 0.15) is 0 Å². The second-order valence-electron chi connectivity index (χ2n) is 11.2. The average molecular weight is 402 g/mol. The molecule has 1 atom stereocenters. The molecule has 5 aliphatic rings. The van der Waals surface area contributed by atoms with Gasteiger partial charge in [-0.05, 0) is 42.4 Å². The number of hydrogen-bond donors (Lipinski definition) is 0. The number of carbonyl (C=O) groups is 2. The summed E-state index contributed by atoms with van der Waals surface area (Å²) in [6, 6.07) is 0. The molecule has 6 rings (SSSR count). The van der Waals surface area contributed by atoms with Crippen LogP contribution in [0, 0.1) is 22.7 Å². The van der Waals surface area contributed by atoms with Crippen molar-refractivity contribution in [1.29, 1.82) is 0 Å². The van der Waals surface area contributed by atoms with Crippen molar-refractivity contribution >= 4 is 11.9 Å². The van der Waals surface area contributed by atoms with Crippen LogP contribution in [0.15, 0.2) is 4.42 Å². The normalized spacial score (nSPS) is 33.7. The first-order valence-electron chi connectivity index (χ1n) is 10.9. The number of hydrogen-bond acceptors (Lipinski definition) is 6. The molecule has 0 radical (unpaired) electrons. The van der Waals surface area contributed by atoms with Gasteiger partial charge in [-0.3, -0.25) is 9.59 Å². The van der Waals surface area contributed by atoms with E-state index >= 15 is 0 Å². The third kappa shape index (κ3) is 3.26. The van der Waals surface area contributed by atoms with E-state index in [1.165, 1.54) is 0 Å². The molecular formula is C22H31N3O4. The van der Waals surface area contributed by atoms with Gasteiger partial charge in [-0.15, -0.1) is 10.2 Å². The van der Waals surface area contributed by atoms with Crippen molar-refractivity contribution in [3.63, 3.8) is 0 Å². The Hall–Kier alpha value is -1.92. The maximum atomic E-state index is 12.4. The van der Waals surface area contributed by atoms with E-state index in [4.69, 9.17) is 9.15 Å². The summed E-state index contributed by atoms with van der Waals surface area (Å²) < 4.78 is 11.0. The molecule has 7 heteroatoms. The minimum Gasteiger partial charge on any atom is -0.465 e. The molecular weight excluding hydrogens is 370 g/mol. The van der Waals surface area contributed by atoms with Gasteiger partial charge in [-0.1, -0.05) is 20.8 Å². The Morgan fingerprint density at radius 3 is 2.55 bits per heavy atom. The molecule has 3 saturated carbocycles. The van der Waals surface area contributed by atoms with E-state index < -0.39 is 0 Å². The number of likely N-dealkylation sites (tertiary alicyclic amines) is 1. The lowest BCUT2D eigenvalue weighted by Gasteiger charge is -2.74. The Labute approximate surface area is 171 Å². The predicted octanol–water partition coefficient (Wildman–Crippen LogP) is 2.88. The van der Waals surface area contributed by atoms with Crippen molar-refractivity contribution in [1.82, 2.24) is 15.1 Å². The van der Waals surface area contributed by atoms with Gasteiger partial charge in [0.15, 0.2) is 0 Å². The molecule has 3 aliphatic carbocycles. The van der Waals surface area contributed by atoms with Gasteiger partial charge < -0.3 is 14.1 Å². The Kier molecular flexibility index (Phi) is 4.13. The summed E-state index contributed by atoms with van der Waals surface area (Å²) in [5, 5.41) is 8.63. The van der Waals surface area contributed by atoms with Crippen LogP contribution in [0.1, 0.15) is 71.1 Å². The Balaban J connectivity index is 1.07. The summed E-state index contributed by atoms with van der Waals surface area (Å²) in [5.74, 6) is 2.52. The van der Waals surface area contributed by atoms with Crippen LogP contribution >= 0.6 is 0 Å². The van der Waals surface area contributed by atoms with Crippen molar-refractivity contribution in [2.75, 3.05) is 19.7 Å². The van der Waals surface area contributed by atoms with Gasteiger partial charge in [0, 0.05) is 31.8 Å². The van der Waals surface area contributed by atoms with E-state index in [9.17, 15) is 9.59 Å². The molecule has 29 heavy (non-hydrogen) atoms.